The minimum absolute atomic E-state index is 0.0233. The first-order chi connectivity index (χ1) is 11.8. The Morgan fingerprint density at radius 3 is 3.00 bits per heavy atom. The van der Waals surface area contributed by atoms with Crippen LogP contribution >= 0.6 is 0 Å². The van der Waals surface area contributed by atoms with Crippen molar-refractivity contribution < 1.29 is 13.9 Å². The summed E-state index contributed by atoms with van der Waals surface area (Å²) in [4.78, 5) is 16.1. The Hall–Kier alpha value is -3.09. The molecular formula is C17H16N4O3. The second-order valence-electron chi connectivity index (χ2n) is 5.59. The summed E-state index contributed by atoms with van der Waals surface area (Å²) in [7, 11) is 0. The number of nitrogens with one attached hydrogen (secondary N) is 1. The average molecular weight is 324 g/mol. The van der Waals surface area contributed by atoms with Crippen molar-refractivity contribution in [2.24, 2.45) is 0 Å². The number of aromatic nitrogens is 3. The van der Waals surface area contributed by atoms with Gasteiger partial charge in [0.05, 0.1) is 19.4 Å². The van der Waals surface area contributed by atoms with E-state index < -0.39 is 0 Å². The van der Waals surface area contributed by atoms with Gasteiger partial charge in [-0.15, -0.1) is 0 Å². The lowest BCUT2D eigenvalue weighted by molar-refractivity contribution is 0.0941. The molecule has 0 fully saturated rings. The number of carbonyl (C=O) groups excluding carboxylic acids is 1. The number of ether oxygens (including phenoxy) is 1. The van der Waals surface area contributed by atoms with E-state index in [2.05, 4.69) is 15.4 Å². The van der Waals surface area contributed by atoms with Crippen LogP contribution in [0.15, 0.2) is 53.4 Å². The highest BCUT2D eigenvalue weighted by Gasteiger charge is 2.26. The molecule has 4 rings (SSSR count). The Labute approximate surface area is 138 Å². The zero-order valence-electron chi connectivity index (χ0n) is 12.9. The third-order valence-corrected chi connectivity index (χ3v) is 3.87. The van der Waals surface area contributed by atoms with E-state index in [1.165, 1.54) is 0 Å². The van der Waals surface area contributed by atoms with Crippen LogP contribution in [0.5, 0.6) is 5.75 Å². The summed E-state index contributed by atoms with van der Waals surface area (Å²) in [6.07, 6.45) is 5.72. The largest absolute Gasteiger partial charge is 0.488 e. The number of fused-ring (bicyclic) bond motifs is 1. The quantitative estimate of drug-likeness (QED) is 0.774. The molecule has 1 amide bonds. The Morgan fingerprint density at radius 1 is 1.38 bits per heavy atom. The third-order valence-electron chi connectivity index (χ3n) is 3.87. The number of pyridine rings is 1. The standard InChI is InChI=1S/C17H16N4O3/c22-17(19-10-14-2-1-7-23-14)16-9-12-8-15(11-21(12)20-16)24-13-3-5-18-6-4-13/h1-7,9,15H,8,10-11H2,(H,19,22)/t15-/m0/s1. The van der Waals surface area contributed by atoms with E-state index in [0.29, 0.717) is 24.5 Å². The lowest BCUT2D eigenvalue weighted by atomic mass is 10.2. The van der Waals surface area contributed by atoms with E-state index in [4.69, 9.17) is 9.15 Å². The highest BCUT2D eigenvalue weighted by Crippen LogP contribution is 2.21. The molecule has 0 unspecified atom stereocenters. The van der Waals surface area contributed by atoms with Gasteiger partial charge in [-0.1, -0.05) is 0 Å². The normalized spacial score (nSPS) is 15.9. The first-order valence-corrected chi connectivity index (χ1v) is 7.72. The van der Waals surface area contributed by atoms with E-state index in [0.717, 1.165) is 17.9 Å². The van der Waals surface area contributed by atoms with Gasteiger partial charge < -0.3 is 14.5 Å². The van der Waals surface area contributed by atoms with Gasteiger partial charge in [0, 0.05) is 24.5 Å². The molecule has 3 aromatic heterocycles. The number of carbonyl (C=O) groups is 1. The summed E-state index contributed by atoms with van der Waals surface area (Å²) in [5.41, 5.74) is 1.41. The summed E-state index contributed by atoms with van der Waals surface area (Å²) in [6, 6.07) is 9.07. The van der Waals surface area contributed by atoms with Gasteiger partial charge in [-0.2, -0.15) is 5.10 Å². The van der Waals surface area contributed by atoms with Crippen LogP contribution in [0, 0.1) is 0 Å². The van der Waals surface area contributed by atoms with Crippen molar-refractivity contribution in [2.75, 3.05) is 0 Å². The summed E-state index contributed by atoms with van der Waals surface area (Å²) in [5, 5.41) is 7.16. The summed E-state index contributed by atoms with van der Waals surface area (Å²) in [5.74, 6) is 1.29. The van der Waals surface area contributed by atoms with Crippen molar-refractivity contribution in [1.82, 2.24) is 20.1 Å². The molecule has 1 N–H and O–H groups in total. The smallest absolute Gasteiger partial charge is 0.272 e. The SMILES string of the molecule is O=C(NCc1ccco1)c1cc2n(n1)C[C@@H](Oc1ccncc1)C2. The van der Waals surface area contributed by atoms with Crippen LogP contribution in [-0.4, -0.2) is 26.8 Å². The van der Waals surface area contributed by atoms with Crippen molar-refractivity contribution >= 4 is 5.91 Å². The van der Waals surface area contributed by atoms with Crippen molar-refractivity contribution in [3.8, 4) is 5.75 Å². The molecule has 7 nitrogen and oxygen atoms in total. The number of hydrogen-bond donors (Lipinski definition) is 1. The predicted molar refractivity (Wildman–Crippen MR) is 84.5 cm³/mol. The van der Waals surface area contributed by atoms with Crippen molar-refractivity contribution in [3.05, 3.63) is 66.1 Å². The molecule has 4 heterocycles. The second kappa shape index (κ2) is 6.19. The lowest BCUT2D eigenvalue weighted by Crippen LogP contribution is -2.24. The van der Waals surface area contributed by atoms with Crippen LogP contribution in [-0.2, 0) is 19.5 Å². The molecule has 0 spiro atoms. The van der Waals surface area contributed by atoms with Crippen LogP contribution in [0.3, 0.4) is 0 Å². The van der Waals surface area contributed by atoms with Crippen molar-refractivity contribution in [1.29, 1.82) is 0 Å². The Morgan fingerprint density at radius 2 is 2.25 bits per heavy atom. The van der Waals surface area contributed by atoms with Gasteiger partial charge in [0.25, 0.3) is 5.91 Å². The molecule has 122 valence electrons. The van der Waals surface area contributed by atoms with Crippen molar-refractivity contribution in [2.45, 2.75) is 25.6 Å². The van der Waals surface area contributed by atoms with E-state index in [1.54, 1.807) is 24.7 Å². The predicted octanol–water partition coefficient (Wildman–Crippen LogP) is 1.80. The van der Waals surface area contributed by atoms with E-state index in [1.807, 2.05) is 28.9 Å². The molecular weight excluding hydrogens is 308 g/mol. The first-order valence-electron chi connectivity index (χ1n) is 7.72. The van der Waals surface area contributed by atoms with E-state index in [9.17, 15) is 4.79 Å². The Kier molecular flexibility index (Phi) is 3.74. The maximum Gasteiger partial charge on any atom is 0.272 e. The topological polar surface area (TPSA) is 82.2 Å². The minimum Gasteiger partial charge on any atom is -0.488 e. The van der Waals surface area contributed by atoms with Gasteiger partial charge in [-0.05, 0) is 30.3 Å². The molecule has 1 aliphatic rings. The molecule has 24 heavy (non-hydrogen) atoms. The zero-order valence-corrected chi connectivity index (χ0v) is 12.9. The summed E-state index contributed by atoms with van der Waals surface area (Å²) < 4.78 is 12.9. The number of nitrogens with zero attached hydrogens (tertiary/aromatic N) is 3. The monoisotopic (exact) mass is 324 g/mol. The minimum atomic E-state index is -0.208. The molecule has 0 radical (unpaired) electrons. The van der Waals surface area contributed by atoms with Crippen LogP contribution < -0.4 is 10.1 Å². The van der Waals surface area contributed by atoms with E-state index >= 15 is 0 Å². The second-order valence-corrected chi connectivity index (χ2v) is 5.59. The Bertz CT molecular complexity index is 803. The number of furan rings is 1. The fourth-order valence-electron chi connectivity index (χ4n) is 2.74. The van der Waals surface area contributed by atoms with Gasteiger partial charge in [0.1, 0.15) is 23.3 Å². The fraction of sp³-hybridized carbons (Fsp3) is 0.235. The fourth-order valence-corrected chi connectivity index (χ4v) is 2.74. The summed E-state index contributed by atoms with van der Waals surface area (Å²) >= 11 is 0. The molecule has 1 aliphatic heterocycles. The van der Waals surface area contributed by atoms with Gasteiger partial charge >= 0.3 is 0 Å². The summed E-state index contributed by atoms with van der Waals surface area (Å²) in [6.45, 7) is 0.977. The molecule has 0 aliphatic carbocycles. The number of hydrogen-bond acceptors (Lipinski definition) is 5. The zero-order chi connectivity index (χ0) is 16.4. The van der Waals surface area contributed by atoms with E-state index in [-0.39, 0.29) is 12.0 Å². The Balaban J connectivity index is 1.36. The molecule has 7 heteroatoms. The molecule has 0 saturated carbocycles. The van der Waals surface area contributed by atoms with Crippen LogP contribution in [0.25, 0.3) is 0 Å². The maximum atomic E-state index is 12.2. The van der Waals surface area contributed by atoms with Gasteiger partial charge in [0.15, 0.2) is 0 Å². The number of rotatable bonds is 5. The van der Waals surface area contributed by atoms with Gasteiger partial charge in [-0.25, -0.2) is 0 Å². The lowest BCUT2D eigenvalue weighted by Gasteiger charge is -2.12. The highest BCUT2D eigenvalue weighted by atomic mass is 16.5. The molecule has 0 bridgehead atoms. The third kappa shape index (κ3) is 3.01. The first kappa shape index (κ1) is 14.5. The van der Waals surface area contributed by atoms with Crippen LogP contribution in [0.2, 0.25) is 0 Å². The molecule has 1 atom stereocenters. The molecule has 0 saturated heterocycles. The average Bonchev–Trinajstić information content (AvgIpc) is 3.29. The van der Waals surface area contributed by atoms with Gasteiger partial charge in [0.2, 0.25) is 0 Å². The van der Waals surface area contributed by atoms with Crippen LogP contribution in [0.4, 0.5) is 0 Å². The number of amides is 1. The maximum absolute atomic E-state index is 12.2. The molecule has 3 aromatic rings. The van der Waals surface area contributed by atoms with Crippen LogP contribution in [0.1, 0.15) is 21.9 Å². The molecule has 0 aromatic carbocycles. The van der Waals surface area contributed by atoms with Crippen molar-refractivity contribution in [3.63, 3.8) is 0 Å². The highest BCUT2D eigenvalue weighted by molar-refractivity contribution is 5.92. The van der Waals surface area contributed by atoms with Gasteiger partial charge in [-0.3, -0.25) is 14.5 Å².